The van der Waals surface area contributed by atoms with Gasteiger partial charge in [-0.15, -0.1) is 0 Å². The zero-order valence-electron chi connectivity index (χ0n) is 21.5. The van der Waals surface area contributed by atoms with E-state index in [1.54, 1.807) is 29.6 Å². The maximum atomic E-state index is 13.1. The molecule has 2 aliphatic heterocycles. The zero-order valence-corrected chi connectivity index (χ0v) is 22.4. The Morgan fingerprint density at radius 1 is 1.03 bits per heavy atom. The van der Waals surface area contributed by atoms with Gasteiger partial charge in [-0.2, -0.15) is 4.31 Å². The summed E-state index contributed by atoms with van der Waals surface area (Å²) in [5.41, 5.74) is 3.03. The van der Waals surface area contributed by atoms with E-state index in [1.807, 2.05) is 0 Å². The predicted octanol–water partition coefficient (Wildman–Crippen LogP) is 4.36. The van der Waals surface area contributed by atoms with Crippen molar-refractivity contribution >= 4 is 21.6 Å². The molecule has 1 amide bonds. The van der Waals surface area contributed by atoms with Crippen LogP contribution in [0, 0.1) is 5.92 Å². The number of sulfonamides is 1. The first kappa shape index (κ1) is 26.5. The number of nitrogens with zero attached hydrogens (tertiary/aromatic N) is 2. The third kappa shape index (κ3) is 6.59. The van der Waals surface area contributed by atoms with Gasteiger partial charge in [-0.05, 0) is 79.5 Å². The van der Waals surface area contributed by atoms with Crippen LogP contribution in [0.5, 0.6) is 5.75 Å². The third-order valence-corrected chi connectivity index (χ3v) is 9.17. The van der Waals surface area contributed by atoms with Gasteiger partial charge in [-0.3, -0.25) is 4.79 Å². The number of ether oxygens (including phenoxy) is 1. The molecule has 2 fully saturated rings. The van der Waals surface area contributed by atoms with Crippen molar-refractivity contribution in [2.45, 2.75) is 63.3 Å². The molecule has 2 aliphatic rings. The van der Waals surface area contributed by atoms with Crippen LogP contribution in [0.15, 0.2) is 47.4 Å². The summed E-state index contributed by atoms with van der Waals surface area (Å²) in [5, 5.41) is 2.99. The van der Waals surface area contributed by atoms with E-state index in [1.165, 1.54) is 18.5 Å². The average molecular weight is 514 g/mol. The summed E-state index contributed by atoms with van der Waals surface area (Å²) in [5.74, 6) is 1.25. The van der Waals surface area contributed by atoms with Crippen LogP contribution >= 0.6 is 0 Å². The Bertz CT molecular complexity index is 1130. The first-order valence-corrected chi connectivity index (χ1v) is 14.6. The summed E-state index contributed by atoms with van der Waals surface area (Å²) in [7, 11) is -1.97. The fourth-order valence-corrected chi connectivity index (χ4v) is 6.72. The van der Waals surface area contributed by atoms with Gasteiger partial charge < -0.3 is 15.0 Å². The van der Waals surface area contributed by atoms with E-state index in [0.717, 1.165) is 49.4 Å². The Balaban J connectivity index is 1.32. The highest BCUT2D eigenvalue weighted by Gasteiger charge is 2.26. The number of rotatable bonds is 9. The van der Waals surface area contributed by atoms with Gasteiger partial charge >= 0.3 is 0 Å². The standard InChI is InChI=1S/C28H39N3O4S/c1-22-7-6-16-30(21-22)25-11-8-23(9-12-25)20-29-28(32)15-10-24-19-26(13-14-27(24)35-2)36(33,34)31-17-4-3-5-18-31/h8-9,11-14,19,22H,3-7,10,15-18,20-21H2,1-2H3,(H,29,32)/t22-/m0/s1. The van der Waals surface area contributed by atoms with Crippen molar-refractivity contribution in [3.63, 3.8) is 0 Å². The van der Waals surface area contributed by atoms with Crippen molar-refractivity contribution in [3.05, 3.63) is 53.6 Å². The van der Waals surface area contributed by atoms with Gasteiger partial charge in [-0.25, -0.2) is 8.42 Å². The molecular weight excluding hydrogens is 474 g/mol. The van der Waals surface area contributed by atoms with Crippen molar-refractivity contribution in [2.24, 2.45) is 5.92 Å². The minimum Gasteiger partial charge on any atom is -0.496 e. The molecule has 0 spiro atoms. The van der Waals surface area contributed by atoms with Crippen LogP contribution in [0.1, 0.15) is 56.6 Å². The number of carbonyl (C=O) groups excluding carboxylic acids is 1. The maximum Gasteiger partial charge on any atom is 0.243 e. The molecule has 0 aliphatic carbocycles. The highest BCUT2D eigenvalue weighted by atomic mass is 32.2. The maximum absolute atomic E-state index is 13.1. The van der Waals surface area contributed by atoms with E-state index < -0.39 is 10.0 Å². The molecule has 2 saturated heterocycles. The van der Waals surface area contributed by atoms with Crippen LogP contribution in [0.3, 0.4) is 0 Å². The molecule has 2 aromatic rings. The molecule has 7 nitrogen and oxygen atoms in total. The van der Waals surface area contributed by atoms with Gasteiger partial charge in [0.2, 0.25) is 15.9 Å². The summed E-state index contributed by atoms with van der Waals surface area (Å²) < 4.78 is 33.2. The normalized spacial score (nSPS) is 19.2. The van der Waals surface area contributed by atoms with Crippen LogP contribution in [-0.2, 0) is 27.8 Å². The molecule has 1 atom stereocenters. The minimum atomic E-state index is -3.54. The average Bonchev–Trinajstić information content (AvgIpc) is 2.91. The number of anilines is 1. The van der Waals surface area contributed by atoms with Crippen LogP contribution in [0.2, 0.25) is 0 Å². The van der Waals surface area contributed by atoms with Crippen molar-refractivity contribution in [3.8, 4) is 5.75 Å². The van der Waals surface area contributed by atoms with Crippen molar-refractivity contribution in [1.29, 1.82) is 0 Å². The van der Waals surface area contributed by atoms with Crippen molar-refractivity contribution in [2.75, 3.05) is 38.2 Å². The second kappa shape index (κ2) is 12.1. The molecule has 2 heterocycles. The fourth-order valence-electron chi connectivity index (χ4n) is 5.15. The smallest absolute Gasteiger partial charge is 0.243 e. The Morgan fingerprint density at radius 2 is 1.78 bits per heavy atom. The molecule has 0 unspecified atom stereocenters. The molecule has 196 valence electrons. The monoisotopic (exact) mass is 513 g/mol. The quantitative estimate of drug-likeness (QED) is 0.539. The molecule has 0 radical (unpaired) electrons. The molecule has 4 rings (SSSR count). The molecule has 36 heavy (non-hydrogen) atoms. The van der Waals surface area contributed by atoms with E-state index >= 15 is 0 Å². The topological polar surface area (TPSA) is 79.0 Å². The number of hydrogen-bond donors (Lipinski definition) is 1. The summed E-state index contributed by atoms with van der Waals surface area (Å²) in [6.07, 6.45) is 6.04. The summed E-state index contributed by atoms with van der Waals surface area (Å²) in [6.45, 7) is 6.09. The molecule has 0 bridgehead atoms. The van der Waals surface area contributed by atoms with Crippen LogP contribution < -0.4 is 15.0 Å². The lowest BCUT2D eigenvalue weighted by Crippen LogP contribution is -2.35. The Kier molecular flexibility index (Phi) is 8.90. The van der Waals surface area contributed by atoms with Gasteiger partial charge in [-0.1, -0.05) is 25.5 Å². The van der Waals surface area contributed by atoms with Gasteiger partial charge in [0, 0.05) is 44.8 Å². The Labute approximate surface area is 215 Å². The Hall–Kier alpha value is -2.58. The lowest BCUT2D eigenvalue weighted by molar-refractivity contribution is -0.121. The largest absolute Gasteiger partial charge is 0.496 e. The van der Waals surface area contributed by atoms with Crippen molar-refractivity contribution < 1.29 is 17.9 Å². The number of amides is 1. The number of nitrogens with one attached hydrogen (secondary N) is 1. The lowest BCUT2D eigenvalue weighted by Gasteiger charge is -2.32. The second-order valence-electron chi connectivity index (χ2n) is 10.1. The number of piperidine rings is 2. The molecule has 0 saturated carbocycles. The first-order chi connectivity index (χ1) is 17.4. The molecular formula is C28H39N3O4S. The molecule has 0 aromatic heterocycles. The number of hydrogen-bond acceptors (Lipinski definition) is 5. The molecule has 2 aromatic carbocycles. The zero-order chi connectivity index (χ0) is 25.5. The second-order valence-corrected chi connectivity index (χ2v) is 12.0. The lowest BCUT2D eigenvalue weighted by atomic mass is 9.99. The number of benzene rings is 2. The highest BCUT2D eigenvalue weighted by Crippen LogP contribution is 2.27. The van der Waals surface area contributed by atoms with Crippen molar-refractivity contribution in [1.82, 2.24) is 9.62 Å². The van der Waals surface area contributed by atoms with Crippen LogP contribution in [-0.4, -0.2) is 51.9 Å². The van der Waals surface area contributed by atoms with E-state index in [9.17, 15) is 13.2 Å². The third-order valence-electron chi connectivity index (χ3n) is 7.27. The van der Waals surface area contributed by atoms with E-state index in [0.29, 0.717) is 31.8 Å². The summed E-state index contributed by atoms with van der Waals surface area (Å²) in [4.78, 5) is 15.3. The van der Waals surface area contributed by atoms with Crippen LogP contribution in [0.4, 0.5) is 5.69 Å². The molecule has 8 heteroatoms. The SMILES string of the molecule is COc1ccc(S(=O)(=O)N2CCCCC2)cc1CCC(=O)NCc1ccc(N2CCC[C@H](C)C2)cc1. The fraction of sp³-hybridized carbons (Fsp3) is 0.536. The van der Waals surface area contributed by atoms with E-state index in [-0.39, 0.29) is 17.2 Å². The first-order valence-electron chi connectivity index (χ1n) is 13.1. The molecule has 1 N–H and O–H groups in total. The van der Waals surface area contributed by atoms with Gasteiger partial charge in [0.25, 0.3) is 0 Å². The van der Waals surface area contributed by atoms with Gasteiger partial charge in [0.15, 0.2) is 0 Å². The summed E-state index contributed by atoms with van der Waals surface area (Å²) >= 11 is 0. The van der Waals surface area contributed by atoms with Gasteiger partial charge in [0.1, 0.15) is 5.75 Å². The van der Waals surface area contributed by atoms with E-state index in [2.05, 4.69) is 41.4 Å². The highest BCUT2D eigenvalue weighted by molar-refractivity contribution is 7.89. The minimum absolute atomic E-state index is 0.0738. The van der Waals surface area contributed by atoms with Gasteiger partial charge in [0.05, 0.1) is 12.0 Å². The summed E-state index contributed by atoms with van der Waals surface area (Å²) in [6, 6.07) is 13.4. The Morgan fingerprint density at radius 3 is 2.47 bits per heavy atom. The number of carbonyl (C=O) groups is 1. The van der Waals surface area contributed by atoms with E-state index in [4.69, 9.17) is 4.74 Å². The number of aryl methyl sites for hydroxylation is 1. The van der Waals surface area contributed by atoms with Crippen LogP contribution in [0.25, 0.3) is 0 Å². The number of methoxy groups -OCH3 is 1. The predicted molar refractivity (Wildman–Crippen MR) is 143 cm³/mol.